The van der Waals surface area contributed by atoms with Gasteiger partial charge in [-0.25, -0.2) is 0 Å². The smallest absolute Gasteiger partial charge is 0.287 e. The molecule has 3 rings (SSSR count). The van der Waals surface area contributed by atoms with E-state index in [4.69, 9.17) is 4.42 Å². The third-order valence-corrected chi connectivity index (χ3v) is 4.81. The molecule has 0 saturated heterocycles. The Balaban J connectivity index is 1.82. The molecule has 1 aromatic heterocycles. The zero-order valence-corrected chi connectivity index (χ0v) is 13.6. The number of amides is 1. The lowest BCUT2D eigenvalue weighted by molar-refractivity contribution is 0.0906. The summed E-state index contributed by atoms with van der Waals surface area (Å²) >= 11 is 0. The summed E-state index contributed by atoms with van der Waals surface area (Å²) in [6.45, 7) is 4.11. The van der Waals surface area contributed by atoms with E-state index in [2.05, 4.69) is 24.4 Å². The molecule has 0 bridgehead atoms. The Hall–Kier alpha value is -1.77. The summed E-state index contributed by atoms with van der Waals surface area (Å²) in [5, 5.41) is 4.23. The van der Waals surface area contributed by atoms with Crippen molar-refractivity contribution in [2.75, 3.05) is 0 Å². The van der Waals surface area contributed by atoms with Gasteiger partial charge in [0, 0.05) is 17.0 Å². The number of rotatable bonds is 3. The normalized spacial score (nSPS) is 16.6. The van der Waals surface area contributed by atoms with E-state index < -0.39 is 0 Å². The molecular formula is C19H25NO2. The summed E-state index contributed by atoms with van der Waals surface area (Å²) in [6, 6.07) is 6.48. The van der Waals surface area contributed by atoms with Gasteiger partial charge in [0.15, 0.2) is 5.76 Å². The van der Waals surface area contributed by atoms with Gasteiger partial charge in [-0.05, 0) is 43.9 Å². The van der Waals surface area contributed by atoms with Crippen LogP contribution in [0.3, 0.4) is 0 Å². The summed E-state index contributed by atoms with van der Waals surface area (Å²) in [5.74, 6) is 0.422. The molecule has 0 atom stereocenters. The van der Waals surface area contributed by atoms with Gasteiger partial charge in [0.05, 0.1) is 0 Å². The number of nitrogens with one attached hydrogen (secondary N) is 1. The molecule has 1 aliphatic carbocycles. The molecule has 0 aliphatic heterocycles. The predicted octanol–water partition coefficient (Wildman–Crippen LogP) is 4.76. The van der Waals surface area contributed by atoms with Crippen LogP contribution < -0.4 is 5.32 Å². The van der Waals surface area contributed by atoms with Crippen LogP contribution in [0.2, 0.25) is 0 Å². The monoisotopic (exact) mass is 299 g/mol. The van der Waals surface area contributed by atoms with Crippen molar-refractivity contribution in [3.05, 3.63) is 35.1 Å². The molecule has 118 valence electrons. The Labute approximate surface area is 132 Å². The molecule has 1 amide bonds. The number of hydrogen-bond donors (Lipinski definition) is 1. The second-order valence-electron chi connectivity index (χ2n) is 6.40. The van der Waals surface area contributed by atoms with Crippen LogP contribution >= 0.6 is 0 Å². The molecule has 1 saturated carbocycles. The highest BCUT2D eigenvalue weighted by Crippen LogP contribution is 2.27. The fourth-order valence-corrected chi connectivity index (χ4v) is 3.38. The number of benzene rings is 1. The molecule has 0 unspecified atom stereocenters. The van der Waals surface area contributed by atoms with Crippen molar-refractivity contribution in [2.24, 2.45) is 0 Å². The molecular weight excluding hydrogens is 274 g/mol. The van der Waals surface area contributed by atoms with Crippen molar-refractivity contribution in [3.63, 3.8) is 0 Å². The summed E-state index contributed by atoms with van der Waals surface area (Å²) in [4.78, 5) is 12.6. The van der Waals surface area contributed by atoms with Crippen LogP contribution in [0, 0.1) is 6.92 Å². The average molecular weight is 299 g/mol. The minimum Gasteiger partial charge on any atom is -0.451 e. The van der Waals surface area contributed by atoms with Crippen molar-refractivity contribution in [1.82, 2.24) is 5.32 Å². The van der Waals surface area contributed by atoms with Gasteiger partial charge in [-0.2, -0.15) is 0 Å². The standard InChI is InChI=1S/C19H25NO2/c1-3-14-10-11-17-16(12-14)13(2)18(22-17)19(21)20-15-8-6-4-5-7-9-15/h10-12,15H,3-9H2,1-2H3,(H,20,21). The van der Waals surface area contributed by atoms with Gasteiger partial charge in [-0.15, -0.1) is 0 Å². The molecule has 2 aromatic rings. The minimum atomic E-state index is -0.0568. The molecule has 1 aliphatic rings. The van der Waals surface area contributed by atoms with Crippen molar-refractivity contribution in [2.45, 2.75) is 64.8 Å². The van der Waals surface area contributed by atoms with Crippen molar-refractivity contribution in [1.29, 1.82) is 0 Å². The molecule has 22 heavy (non-hydrogen) atoms. The number of furan rings is 1. The van der Waals surface area contributed by atoms with E-state index in [1.807, 2.05) is 13.0 Å². The van der Waals surface area contributed by atoms with E-state index in [0.717, 1.165) is 35.8 Å². The number of hydrogen-bond acceptors (Lipinski definition) is 2. The zero-order chi connectivity index (χ0) is 15.5. The maximum absolute atomic E-state index is 12.6. The van der Waals surface area contributed by atoms with E-state index in [0.29, 0.717) is 11.8 Å². The van der Waals surface area contributed by atoms with E-state index in [1.54, 1.807) is 0 Å². The number of carbonyl (C=O) groups is 1. The Bertz CT molecular complexity index is 663. The summed E-state index contributed by atoms with van der Waals surface area (Å²) in [5.41, 5.74) is 3.03. The summed E-state index contributed by atoms with van der Waals surface area (Å²) in [6.07, 6.45) is 8.17. The second kappa shape index (κ2) is 6.55. The summed E-state index contributed by atoms with van der Waals surface area (Å²) < 4.78 is 5.82. The maximum Gasteiger partial charge on any atom is 0.287 e. The fourth-order valence-electron chi connectivity index (χ4n) is 3.38. The maximum atomic E-state index is 12.6. The first kappa shape index (κ1) is 15.1. The topological polar surface area (TPSA) is 42.2 Å². The van der Waals surface area contributed by atoms with Crippen LogP contribution in [0.5, 0.6) is 0 Å². The first-order chi connectivity index (χ1) is 10.7. The third-order valence-electron chi connectivity index (χ3n) is 4.81. The lowest BCUT2D eigenvalue weighted by Crippen LogP contribution is -2.34. The highest BCUT2D eigenvalue weighted by atomic mass is 16.3. The first-order valence-corrected chi connectivity index (χ1v) is 8.52. The zero-order valence-electron chi connectivity index (χ0n) is 13.6. The van der Waals surface area contributed by atoms with Gasteiger partial charge in [0.25, 0.3) is 5.91 Å². The predicted molar refractivity (Wildman–Crippen MR) is 89.3 cm³/mol. The second-order valence-corrected chi connectivity index (χ2v) is 6.40. The van der Waals surface area contributed by atoms with Crippen LogP contribution in [0.15, 0.2) is 22.6 Å². The quantitative estimate of drug-likeness (QED) is 0.831. The molecule has 0 radical (unpaired) electrons. The first-order valence-electron chi connectivity index (χ1n) is 8.52. The van der Waals surface area contributed by atoms with Crippen LogP contribution in [-0.4, -0.2) is 11.9 Å². The van der Waals surface area contributed by atoms with Crippen LogP contribution in [0.1, 0.15) is 67.1 Å². The molecule has 1 aromatic carbocycles. The Morgan fingerprint density at radius 1 is 1.23 bits per heavy atom. The van der Waals surface area contributed by atoms with Crippen LogP contribution in [0.25, 0.3) is 11.0 Å². The number of fused-ring (bicyclic) bond motifs is 1. The average Bonchev–Trinajstić information content (AvgIpc) is 2.70. The molecule has 0 spiro atoms. The van der Waals surface area contributed by atoms with Crippen LogP contribution in [0.4, 0.5) is 0 Å². The fraction of sp³-hybridized carbons (Fsp3) is 0.526. The SMILES string of the molecule is CCc1ccc2oc(C(=O)NC3CCCCCC3)c(C)c2c1. The molecule has 1 heterocycles. The lowest BCUT2D eigenvalue weighted by Gasteiger charge is -2.15. The minimum absolute atomic E-state index is 0.0568. The molecule has 1 fully saturated rings. The van der Waals surface area contributed by atoms with Gasteiger partial charge in [-0.1, -0.05) is 38.7 Å². The highest BCUT2D eigenvalue weighted by Gasteiger charge is 2.21. The molecule has 3 heteroatoms. The van der Waals surface area contributed by atoms with Gasteiger partial charge in [-0.3, -0.25) is 4.79 Å². The van der Waals surface area contributed by atoms with Gasteiger partial charge < -0.3 is 9.73 Å². The molecule has 3 nitrogen and oxygen atoms in total. The lowest BCUT2D eigenvalue weighted by atomic mass is 10.1. The summed E-state index contributed by atoms with van der Waals surface area (Å²) in [7, 11) is 0. The Morgan fingerprint density at radius 3 is 2.64 bits per heavy atom. The van der Waals surface area contributed by atoms with Crippen molar-refractivity contribution in [3.8, 4) is 0 Å². The number of carbonyl (C=O) groups excluding carboxylic acids is 1. The van der Waals surface area contributed by atoms with Crippen LogP contribution in [-0.2, 0) is 6.42 Å². The Kier molecular flexibility index (Phi) is 4.51. The van der Waals surface area contributed by atoms with Crippen molar-refractivity contribution < 1.29 is 9.21 Å². The number of aryl methyl sites for hydroxylation is 2. The van der Waals surface area contributed by atoms with E-state index in [-0.39, 0.29) is 5.91 Å². The van der Waals surface area contributed by atoms with E-state index in [1.165, 1.54) is 31.2 Å². The largest absolute Gasteiger partial charge is 0.451 e. The van der Waals surface area contributed by atoms with Crippen molar-refractivity contribution >= 4 is 16.9 Å². The van der Waals surface area contributed by atoms with Gasteiger partial charge >= 0.3 is 0 Å². The molecule has 1 N–H and O–H groups in total. The van der Waals surface area contributed by atoms with Gasteiger partial charge in [0.1, 0.15) is 5.58 Å². The highest BCUT2D eigenvalue weighted by molar-refractivity contribution is 5.99. The Morgan fingerprint density at radius 2 is 1.95 bits per heavy atom. The third kappa shape index (κ3) is 3.03. The van der Waals surface area contributed by atoms with E-state index in [9.17, 15) is 4.79 Å². The van der Waals surface area contributed by atoms with E-state index >= 15 is 0 Å². The van der Waals surface area contributed by atoms with Gasteiger partial charge in [0.2, 0.25) is 0 Å².